The molecule has 2 N–H and O–H groups in total. The summed E-state index contributed by atoms with van der Waals surface area (Å²) in [6, 6.07) is 10.3. The molecule has 2 unspecified atom stereocenters. The number of amides is 1. The SMILES string of the molecule is COc1cccc(OC)c1/C(O)=C1\C(=O)C(=O)N(CC2CCCO2)C1c1cccc(O)c1. The molecule has 4 rings (SSSR count). The van der Waals surface area contributed by atoms with Crippen LogP contribution in [0.3, 0.4) is 0 Å². The third-order valence-electron chi connectivity index (χ3n) is 5.81. The van der Waals surface area contributed by atoms with Crippen LogP contribution in [0.2, 0.25) is 0 Å². The zero-order valence-electron chi connectivity index (χ0n) is 17.9. The zero-order chi connectivity index (χ0) is 22.8. The number of aliphatic hydroxyl groups is 1. The van der Waals surface area contributed by atoms with Crippen molar-refractivity contribution >= 4 is 17.4 Å². The van der Waals surface area contributed by atoms with Crippen LogP contribution in [0.15, 0.2) is 48.0 Å². The van der Waals surface area contributed by atoms with Crippen LogP contribution in [0.25, 0.3) is 5.76 Å². The monoisotopic (exact) mass is 439 g/mol. The van der Waals surface area contributed by atoms with Crippen molar-refractivity contribution in [2.75, 3.05) is 27.4 Å². The molecule has 2 saturated heterocycles. The number of hydrogen-bond acceptors (Lipinski definition) is 7. The van der Waals surface area contributed by atoms with Crippen LogP contribution < -0.4 is 9.47 Å². The third-order valence-corrected chi connectivity index (χ3v) is 5.81. The van der Waals surface area contributed by atoms with E-state index in [1.165, 1.54) is 31.3 Å². The normalized spacial score (nSPS) is 22.4. The van der Waals surface area contributed by atoms with E-state index in [-0.39, 0.29) is 29.5 Å². The fourth-order valence-electron chi connectivity index (χ4n) is 4.34. The molecule has 0 radical (unpaired) electrons. The topological polar surface area (TPSA) is 106 Å². The van der Waals surface area contributed by atoms with Gasteiger partial charge in [-0.1, -0.05) is 18.2 Å². The van der Waals surface area contributed by atoms with Crippen LogP contribution in [-0.4, -0.2) is 60.3 Å². The molecule has 2 heterocycles. The van der Waals surface area contributed by atoms with E-state index >= 15 is 0 Å². The van der Waals surface area contributed by atoms with E-state index in [2.05, 4.69) is 0 Å². The highest BCUT2D eigenvalue weighted by Gasteiger charge is 2.47. The number of ether oxygens (including phenoxy) is 3. The zero-order valence-corrected chi connectivity index (χ0v) is 17.9. The first-order chi connectivity index (χ1) is 15.5. The van der Waals surface area contributed by atoms with E-state index in [1.54, 1.807) is 30.3 Å². The average Bonchev–Trinajstić information content (AvgIpc) is 3.40. The van der Waals surface area contributed by atoms with Gasteiger partial charge in [-0.2, -0.15) is 0 Å². The number of aromatic hydroxyl groups is 1. The molecule has 0 aliphatic carbocycles. The van der Waals surface area contributed by atoms with Crippen LogP contribution in [0.1, 0.15) is 30.0 Å². The lowest BCUT2D eigenvalue weighted by molar-refractivity contribution is -0.140. The molecule has 0 aromatic heterocycles. The fraction of sp³-hybridized carbons (Fsp3) is 0.333. The summed E-state index contributed by atoms with van der Waals surface area (Å²) in [5.74, 6) is -1.38. The highest BCUT2D eigenvalue weighted by Crippen LogP contribution is 2.44. The predicted molar refractivity (Wildman–Crippen MR) is 116 cm³/mol. The Morgan fingerprint density at radius 1 is 1.12 bits per heavy atom. The Morgan fingerprint density at radius 3 is 2.41 bits per heavy atom. The van der Waals surface area contributed by atoms with Crippen LogP contribution in [0.4, 0.5) is 0 Å². The minimum absolute atomic E-state index is 0.0138. The van der Waals surface area contributed by atoms with Gasteiger partial charge in [-0.05, 0) is 42.7 Å². The Morgan fingerprint density at radius 2 is 1.81 bits per heavy atom. The van der Waals surface area contributed by atoms with E-state index < -0.39 is 23.5 Å². The fourth-order valence-corrected chi connectivity index (χ4v) is 4.34. The Balaban J connectivity index is 1.91. The van der Waals surface area contributed by atoms with Crippen LogP contribution in [0.5, 0.6) is 17.2 Å². The molecular formula is C24H25NO7. The summed E-state index contributed by atoms with van der Waals surface area (Å²) in [7, 11) is 2.88. The lowest BCUT2D eigenvalue weighted by Gasteiger charge is -2.27. The Bertz CT molecular complexity index is 1050. The molecule has 1 amide bonds. The number of likely N-dealkylation sites (tertiary alicyclic amines) is 1. The molecule has 2 fully saturated rings. The molecule has 0 spiro atoms. The molecule has 8 nitrogen and oxygen atoms in total. The number of hydrogen-bond donors (Lipinski definition) is 2. The summed E-state index contributed by atoms with van der Waals surface area (Å²) in [4.78, 5) is 27.6. The number of phenolic OH excluding ortho intramolecular Hbond substituents is 1. The summed E-state index contributed by atoms with van der Waals surface area (Å²) in [5, 5.41) is 21.4. The molecule has 2 aromatic rings. The van der Waals surface area contributed by atoms with Gasteiger partial charge in [-0.3, -0.25) is 9.59 Å². The summed E-state index contributed by atoms with van der Waals surface area (Å²) < 4.78 is 16.4. The van der Waals surface area contributed by atoms with Crippen molar-refractivity contribution in [2.45, 2.75) is 25.0 Å². The Labute approximate surface area is 185 Å². The van der Waals surface area contributed by atoms with Crippen molar-refractivity contribution in [2.24, 2.45) is 0 Å². The van der Waals surface area contributed by atoms with E-state index in [9.17, 15) is 19.8 Å². The number of benzene rings is 2. The third kappa shape index (κ3) is 3.78. The van der Waals surface area contributed by atoms with E-state index in [0.29, 0.717) is 23.7 Å². The molecule has 168 valence electrons. The van der Waals surface area contributed by atoms with Crippen molar-refractivity contribution in [1.82, 2.24) is 4.90 Å². The smallest absolute Gasteiger partial charge is 0.295 e. The van der Waals surface area contributed by atoms with Gasteiger partial charge >= 0.3 is 0 Å². The minimum atomic E-state index is -0.902. The Hall–Kier alpha value is -3.52. The van der Waals surface area contributed by atoms with Gasteiger partial charge in [0.25, 0.3) is 11.7 Å². The molecule has 2 aliphatic heterocycles. The number of phenols is 1. The molecule has 2 aromatic carbocycles. The van der Waals surface area contributed by atoms with Crippen molar-refractivity contribution in [3.05, 3.63) is 59.2 Å². The largest absolute Gasteiger partial charge is 0.508 e. The van der Waals surface area contributed by atoms with Gasteiger partial charge in [0.2, 0.25) is 0 Å². The highest BCUT2D eigenvalue weighted by atomic mass is 16.5. The summed E-state index contributed by atoms with van der Waals surface area (Å²) in [5.41, 5.74) is 0.580. The van der Waals surface area contributed by atoms with Gasteiger partial charge < -0.3 is 29.3 Å². The molecule has 0 saturated carbocycles. The van der Waals surface area contributed by atoms with Crippen LogP contribution >= 0.6 is 0 Å². The molecule has 2 aliphatic rings. The first kappa shape index (κ1) is 21.7. The van der Waals surface area contributed by atoms with Gasteiger partial charge in [0, 0.05) is 13.2 Å². The molecule has 2 atom stereocenters. The van der Waals surface area contributed by atoms with Crippen LogP contribution in [-0.2, 0) is 14.3 Å². The van der Waals surface area contributed by atoms with Crippen molar-refractivity contribution in [1.29, 1.82) is 0 Å². The quantitative estimate of drug-likeness (QED) is 0.405. The van der Waals surface area contributed by atoms with E-state index in [4.69, 9.17) is 14.2 Å². The number of rotatable bonds is 6. The van der Waals surface area contributed by atoms with Crippen molar-refractivity contribution in [3.63, 3.8) is 0 Å². The number of nitrogens with zero attached hydrogens (tertiary/aromatic N) is 1. The van der Waals surface area contributed by atoms with Gasteiger partial charge in [0.15, 0.2) is 0 Å². The maximum absolute atomic E-state index is 13.2. The van der Waals surface area contributed by atoms with E-state index in [1.807, 2.05) is 0 Å². The second-order valence-corrected chi connectivity index (χ2v) is 7.72. The summed E-state index contributed by atoms with van der Waals surface area (Å²) in [6.45, 7) is 0.800. The van der Waals surface area contributed by atoms with Gasteiger partial charge in [0.05, 0.1) is 31.9 Å². The summed E-state index contributed by atoms with van der Waals surface area (Å²) in [6.07, 6.45) is 1.45. The van der Waals surface area contributed by atoms with E-state index in [0.717, 1.165) is 12.8 Å². The molecular weight excluding hydrogens is 414 g/mol. The lowest BCUT2D eigenvalue weighted by Crippen LogP contribution is -2.36. The highest BCUT2D eigenvalue weighted by molar-refractivity contribution is 6.46. The molecule has 0 bridgehead atoms. The standard InChI is InChI=1S/C24H25NO7/c1-30-17-9-4-10-18(31-2)19(17)22(27)20-21(14-6-3-7-15(26)12-14)25(24(29)23(20)28)13-16-8-5-11-32-16/h3-4,6-7,9-10,12,16,21,26-27H,5,8,11,13H2,1-2H3/b22-20+. The second kappa shape index (κ2) is 8.92. The maximum Gasteiger partial charge on any atom is 0.295 e. The first-order valence-corrected chi connectivity index (χ1v) is 10.4. The van der Waals surface area contributed by atoms with Crippen LogP contribution in [0, 0.1) is 0 Å². The number of ketones is 1. The minimum Gasteiger partial charge on any atom is -0.508 e. The molecule has 32 heavy (non-hydrogen) atoms. The molecule has 8 heteroatoms. The van der Waals surface area contributed by atoms with Crippen molar-refractivity contribution < 1.29 is 34.0 Å². The number of methoxy groups -OCH3 is 2. The van der Waals surface area contributed by atoms with Gasteiger partial charge in [-0.15, -0.1) is 0 Å². The maximum atomic E-state index is 13.2. The number of aliphatic hydroxyl groups excluding tert-OH is 1. The number of Topliss-reactive ketones (excluding diaryl/α,β-unsaturated/α-hetero) is 1. The number of carbonyl (C=O) groups excluding carboxylic acids is 2. The first-order valence-electron chi connectivity index (χ1n) is 10.4. The summed E-state index contributed by atoms with van der Waals surface area (Å²) >= 11 is 0. The Kier molecular flexibility index (Phi) is 6.05. The van der Waals surface area contributed by atoms with Crippen molar-refractivity contribution in [3.8, 4) is 17.2 Å². The van der Waals surface area contributed by atoms with Gasteiger partial charge in [0.1, 0.15) is 28.6 Å². The van der Waals surface area contributed by atoms with Gasteiger partial charge in [-0.25, -0.2) is 0 Å². The number of carbonyl (C=O) groups is 2. The predicted octanol–water partition coefficient (Wildman–Crippen LogP) is 3.01. The second-order valence-electron chi connectivity index (χ2n) is 7.72. The lowest BCUT2D eigenvalue weighted by atomic mass is 9.94. The average molecular weight is 439 g/mol.